The lowest BCUT2D eigenvalue weighted by Crippen LogP contribution is -2.04. The SMILES string of the molecule is C/C=C(\C(=C/CC)CCCCCCCC)c1cc(-c2cc(CCCCCCCC)c(-c3ccc4cc5cc(C)ccc5cc4c3)cc2CCCCCCCC)nc(-c2ccc(C#N)cc2)n1. The molecule has 0 N–H and O–H groups in total. The van der Waals surface area contributed by atoms with Crippen LogP contribution in [0.4, 0.5) is 0 Å². The van der Waals surface area contributed by atoms with Crippen molar-refractivity contribution in [1.29, 1.82) is 5.26 Å². The maximum atomic E-state index is 9.70. The van der Waals surface area contributed by atoms with Gasteiger partial charge in [-0.25, -0.2) is 9.97 Å². The maximum Gasteiger partial charge on any atom is 0.160 e. The largest absolute Gasteiger partial charge is 0.228 e. The van der Waals surface area contributed by atoms with E-state index in [2.05, 4.69) is 126 Å². The molecule has 5 aromatic carbocycles. The molecule has 6 aromatic rings. The van der Waals surface area contributed by atoms with E-state index in [4.69, 9.17) is 9.97 Å². The van der Waals surface area contributed by atoms with Crippen molar-refractivity contribution in [2.24, 2.45) is 0 Å². The van der Waals surface area contributed by atoms with E-state index >= 15 is 0 Å². The molecule has 3 heteroatoms. The number of allylic oxidation sites excluding steroid dienone is 4. The Morgan fingerprint density at radius 3 is 1.68 bits per heavy atom. The first-order valence-electron chi connectivity index (χ1n) is 26.3. The summed E-state index contributed by atoms with van der Waals surface area (Å²) in [6.45, 7) is 13.5. The summed E-state index contributed by atoms with van der Waals surface area (Å²) in [7, 11) is 0. The number of benzene rings is 5. The Labute approximate surface area is 399 Å². The molecule has 0 aliphatic carbocycles. The highest BCUT2D eigenvalue weighted by molar-refractivity contribution is 6.00. The average Bonchev–Trinajstić information content (AvgIpc) is 3.34. The van der Waals surface area contributed by atoms with E-state index in [1.165, 1.54) is 175 Å². The Morgan fingerprint density at radius 1 is 0.530 bits per heavy atom. The molecule has 1 heterocycles. The van der Waals surface area contributed by atoms with Crippen LogP contribution in [0.5, 0.6) is 0 Å². The van der Waals surface area contributed by atoms with E-state index in [1.807, 2.05) is 24.3 Å². The predicted octanol–water partition coefficient (Wildman–Crippen LogP) is 19.3. The molecule has 0 fully saturated rings. The molecule has 0 saturated heterocycles. The lowest BCUT2D eigenvalue weighted by molar-refractivity contribution is 0.606. The van der Waals surface area contributed by atoms with E-state index < -0.39 is 0 Å². The van der Waals surface area contributed by atoms with Crippen molar-refractivity contribution in [3.8, 4) is 39.8 Å². The summed E-state index contributed by atoms with van der Waals surface area (Å²) >= 11 is 0. The molecule has 0 atom stereocenters. The fourth-order valence-corrected chi connectivity index (χ4v) is 9.82. The van der Waals surface area contributed by atoms with Crippen molar-refractivity contribution in [3.63, 3.8) is 0 Å². The molecule has 0 aliphatic rings. The third-order valence-corrected chi connectivity index (χ3v) is 13.6. The van der Waals surface area contributed by atoms with E-state index in [1.54, 1.807) is 0 Å². The summed E-state index contributed by atoms with van der Waals surface area (Å²) in [5.74, 6) is 0.714. The standard InChI is InChI=1S/C63H79N3/c1-7-12-15-18-21-24-28-49(27-10-4)58(11-5)61-45-62(66-63(65-61)50-35-32-48(46-64)33-36-50)60-44-53(29-25-22-19-16-13-8-2)59(43-54(60)30-26-23-20-17-14-9-3)55-38-37-52-40-56-39-47(6)31-34-51(56)41-57(52)42-55/h11,27,31-45H,7-10,12-26,28-30H2,1-6H3/b49-27-,58-11+. The Kier molecular flexibility index (Phi) is 20.3. The topological polar surface area (TPSA) is 49.6 Å². The number of aryl methyl sites for hydroxylation is 3. The van der Waals surface area contributed by atoms with Gasteiger partial charge in [-0.3, -0.25) is 0 Å². The van der Waals surface area contributed by atoms with Gasteiger partial charge in [-0.1, -0.05) is 178 Å². The number of hydrogen-bond acceptors (Lipinski definition) is 3. The number of nitrogens with zero attached hydrogens (tertiary/aromatic N) is 3. The van der Waals surface area contributed by atoms with Crippen molar-refractivity contribution >= 4 is 27.1 Å². The summed E-state index contributed by atoms with van der Waals surface area (Å²) in [6.07, 6.45) is 31.5. The molecule has 66 heavy (non-hydrogen) atoms. The molecule has 0 unspecified atom stereocenters. The van der Waals surface area contributed by atoms with Gasteiger partial charge in [0.1, 0.15) is 0 Å². The second-order valence-electron chi connectivity index (χ2n) is 19.0. The van der Waals surface area contributed by atoms with Gasteiger partial charge in [0, 0.05) is 11.1 Å². The first-order valence-corrected chi connectivity index (χ1v) is 26.3. The van der Waals surface area contributed by atoms with Gasteiger partial charge in [-0.2, -0.15) is 5.26 Å². The molecule has 6 rings (SSSR count). The molecular weight excluding hydrogens is 799 g/mol. The normalized spacial score (nSPS) is 12.1. The smallest absolute Gasteiger partial charge is 0.160 e. The predicted molar refractivity (Wildman–Crippen MR) is 287 cm³/mol. The third-order valence-electron chi connectivity index (χ3n) is 13.6. The second-order valence-corrected chi connectivity index (χ2v) is 19.0. The number of aromatic nitrogens is 2. The second kappa shape index (κ2) is 26.7. The Bertz CT molecular complexity index is 2560. The summed E-state index contributed by atoms with van der Waals surface area (Å²) < 4.78 is 0. The molecule has 0 spiro atoms. The van der Waals surface area contributed by atoms with Gasteiger partial charge in [-0.15, -0.1) is 0 Å². The molecule has 1 aromatic heterocycles. The van der Waals surface area contributed by atoms with Crippen LogP contribution in [-0.2, 0) is 12.8 Å². The van der Waals surface area contributed by atoms with Crippen LogP contribution in [0.1, 0.15) is 191 Å². The van der Waals surface area contributed by atoms with Crippen molar-refractivity contribution in [1.82, 2.24) is 9.97 Å². The maximum absolute atomic E-state index is 9.70. The number of unbranched alkanes of at least 4 members (excludes halogenated alkanes) is 15. The highest BCUT2D eigenvalue weighted by atomic mass is 14.9. The summed E-state index contributed by atoms with van der Waals surface area (Å²) in [4.78, 5) is 10.9. The van der Waals surface area contributed by atoms with Crippen molar-refractivity contribution in [2.45, 2.75) is 183 Å². The minimum atomic E-state index is 0.643. The van der Waals surface area contributed by atoms with E-state index in [0.29, 0.717) is 11.4 Å². The molecule has 3 nitrogen and oxygen atoms in total. The van der Waals surface area contributed by atoms with Gasteiger partial charge in [0.25, 0.3) is 0 Å². The summed E-state index contributed by atoms with van der Waals surface area (Å²) in [6, 6.07) is 36.2. The van der Waals surface area contributed by atoms with Crippen LogP contribution in [0.2, 0.25) is 0 Å². The van der Waals surface area contributed by atoms with Crippen LogP contribution in [0.3, 0.4) is 0 Å². The Morgan fingerprint density at radius 2 is 1.08 bits per heavy atom. The Hall–Kier alpha value is -5.33. The highest BCUT2D eigenvalue weighted by Crippen LogP contribution is 2.38. The van der Waals surface area contributed by atoms with E-state index in [-0.39, 0.29) is 0 Å². The molecule has 0 bridgehead atoms. The minimum absolute atomic E-state index is 0.643. The van der Waals surface area contributed by atoms with Crippen molar-refractivity contribution in [3.05, 3.63) is 137 Å². The first kappa shape index (κ1) is 50.1. The number of rotatable bonds is 27. The zero-order valence-corrected chi connectivity index (χ0v) is 41.7. The molecule has 0 radical (unpaired) electrons. The van der Waals surface area contributed by atoms with Gasteiger partial charge in [0.15, 0.2) is 5.82 Å². The van der Waals surface area contributed by atoms with E-state index in [0.717, 1.165) is 49.1 Å². The lowest BCUT2D eigenvalue weighted by atomic mass is 9.87. The molecule has 0 amide bonds. The Balaban J connectivity index is 1.51. The number of hydrogen-bond donors (Lipinski definition) is 0. The quantitative estimate of drug-likeness (QED) is 0.0294. The first-order chi connectivity index (χ1) is 32.4. The minimum Gasteiger partial charge on any atom is -0.228 e. The average molecular weight is 878 g/mol. The van der Waals surface area contributed by atoms with Crippen LogP contribution in [0.25, 0.3) is 60.9 Å². The fourth-order valence-electron chi connectivity index (χ4n) is 9.82. The third kappa shape index (κ3) is 14.1. The number of nitriles is 1. The molecular formula is C63H79N3. The van der Waals surface area contributed by atoms with Gasteiger partial charge < -0.3 is 0 Å². The lowest BCUT2D eigenvalue weighted by Gasteiger charge is -2.20. The van der Waals surface area contributed by atoms with Gasteiger partial charge in [0.2, 0.25) is 0 Å². The van der Waals surface area contributed by atoms with Crippen molar-refractivity contribution in [2.75, 3.05) is 0 Å². The van der Waals surface area contributed by atoms with E-state index in [9.17, 15) is 5.26 Å². The summed E-state index contributed by atoms with van der Waals surface area (Å²) in [5, 5.41) is 14.9. The van der Waals surface area contributed by atoms with Crippen LogP contribution >= 0.6 is 0 Å². The summed E-state index contributed by atoms with van der Waals surface area (Å²) in [5.41, 5.74) is 14.1. The van der Waals surface area contributed by atoms with Crippen LogP contribution in [0, 0.1) is 18.3 Å². The molecule has 0 aliphatic heterocycles. The molecule has 0 saturated carbocycles. The zero-order valence-electron chi connectivity index (χ0n) is 41.7. The number of fused-ring (bicyclic) bond motifs is 2. The zero-order chi connectivity index (χ0) is 46.5. The van der Waals surface area contributed by atoms with Gasteiger partial charge >= 0.3 is 0 Å². The van der Waals surface area contributed by atoms with Gasteiger partial charge in [0.05, 0.1) is 23.0 Å². The molecule has 346 valence electrons. The van der Waals surface area contributed by atoms with Crippen molar-refractivity contribution < 1.29 is 0 Å². The monoisotopic (exact) mass is 878 g/mol. The fraction of sp³-hybridized carbons (Fsp3) is 0.444. The van der Waals surface area contributed by atoms with Gasteiger partial charge in [-0.05, 0) is 168 Å². The van der Waals surface area contributed by atoms with Crippen LogP contribution < -0.4 is 0 Å². The van der Waals surface area contributed by atoms with Crippen LogP contribution in [-0.4, -0.2) is 9.97 Å². The van der Waals surface area contributed by atoms with Crippen LogP contribution in [0.15, 0.2) is 109 Å². The highest BCUT2D eigenvalue weighted by Gasteiger charge is 2.20.